The molecule has 0 amide bonds. The van der Waals surface area contributed by atoms with Gasteiger partial charge in [-0.1, -0.05) is 88.3 Å². The van der Waals surface area contributed by atoms with Crippen molar-refractivity contribution >= 4 is 5.57 Å². The van der Waals surface area contributed by atoms with E-state index >= 15 is 0 Å². The van der Waals surface area contributed by atoms with E-state index in [1.807, 2.05) is 0 Å². The predicted molar refractivity (Wildman–Crippen MR) is 112 cm³/mol. The van der Waals surface area contributed by atoms with Gasteiger partial charge in [0.2, 0.25) is 0 Å². The smallest absolute Gasteiger partial charge is 0.0300 e. The van der Waals surface area contributed by atoms with Gasteiger partial charge in [0, 0.05) is 5.57 Å². The first-order chi connectivity index (χ1) is 12.2. The molecule has 1 aromatic rings. The second-order valence-electron chi connectivity index (χ2n) is 7.04. The number of unbranched alkanes of at least 4 members (excludes halogenated alkanes) is 3. The standard InChI is InChI=1S/C25H32/c1-4-5-6-11-14-23-16-18-24(19-17-23)25-20-15-21(2)12-9-7-8-10-13-22(25)3/h7,9-10,13,15-19,21H,3-6,8,11-12,14H2,1-2H3/b9-7-,13-10?. The van der Waals surface area contributed by atoms with Crippen LogP contribution in [0, 0.1) is 5.92 Å². The molecule has 132 valence electrons. The van der Waals surface area contributed by atoms with E-state index in [0.717, 1.165) is 24.0 Å². The lowest BCUT2D eigenvalue weighted by Crippen LogP contribution is -1.90. The fourth-order valence-corrected chi connectivity index (χ4v) is 3.03. The maximum atomic E-state index is 4.26. The second-order valence-corrected chi connectivity index (χ2v) is 7.04. The summed E-state index contributed by atoms with van der Waals surface area (Å²) in [5, 5.41) is 0. The Labute approximate surface area is 154 Å². The van der Waals surface area contributed by atoms with E-state index < -0.39 is 0 Å². The first-order valence-electron chi connectivity index (χ1n) is 9.77. The van der Waals surface area contributed by atoms with Gasteiger partial charge in [-0.25, -0.2) is 0 Å². The molecule has 0 radical (unpaired) electrons. The lowest BCUT2D eigenvalue weighted by molar-refractivity contribution is 0.667. The highest BCUT2D eigenvalue weighted by Gasteiger charge is 2.05. The molecule has 1 atom stereocenters. The van der Waals surface area contributed by atoms with Crippen LogP contribution in [0.1, 0.15) is 63.5 Å². The molecule has 0 saturated heterocycles. The highest BCUT2D eigenvalue weighted by atomic mass is 14.1. The minimum Gasteiger partial charge on any atom is -0.116 e. The third kappa shape index (κ3) is 6.77. The molecular formula is C25H32. The Bertz CT molecular complexity index is 660. The van der Waals surface area contributed by atoms with Gasteiger partial charge in [-0.2, -0.15) is 0 Å². The molecule has 0 fully saturated rings. The first-order valence-corrected chi connectivity index (χ1v) is 9.77. The topological polar surface area (TPSA) is 0 Å². The van der Waals surface area contributed by atoms with Gasteiger partial charge in [-0.15, -0.1) is 5.73 Å². The molecule has 1 aliphatic carbocycles. The molecule has 0 aliphatic heterocycles. The van der Waals surface area contributed by atoms with Crippen molar-refractivity contribution in [1.29, 1.82) is 0 Å². The van der Waals surface area contributed by atoms with Crippen LogP contribution in [0.4, 0.5) is 0 Å². The summed E-state index contributed by atoms with van der Waals surface area (Å²) in [6.07, 6.45) is 19.4. The molecule has 1 aromatic carbocycles. The maximum Gasteiger partial charge on any atom is 0.0300 e. The van der Waals surface area contributed by atoms with E-state index in [9.17, 15) is 0 Å². The van der Waals surface area contributed by atoms with Crippen molar-refractivity contribution in [2.45, 2.75) is 58.8 Å². The summed E-state index contributed by atoms with van der Waals surface area (Å²) in [7, 11) is 0. The molecule has 1 aliphatic rings. The molecule has 0 N–H and O–H groups in total. The highest BCUT2D eigenvalue weighted by Crippen LogP contribution is 2.24. The van der Waals surface area contributed by atoms with E-state index in [2.05, 4.69) is 80.8 Å². The van der Waals surface area contributed by atoms with Crippen molar-refractivity contribution in [3.05, 3.63) is 83.7 Å². The Hall–Kier alpha value is -2.04. The van der Waals surface area contributed by atoms with Gasteiger partial charge in [-0.05, 0) is 54.4 Å². The van der Waals surface area contributed by atoms with Gasteiger partial charge in [0.1, 0.15) is 0 Å². The Kier molecular flexibility index (Phi) is 8.29. The summed E-state index contributed by atoms with van der Waals surface area (Å²) >= 11 is 0. The van der Waals surface area contributed by atoms with Crippen LogP contribution in [-0.2, 0) is 6.42 Å². The van der Waals surface area contributed by atoms with Crippen LogP contribution in [0.2, 0.25) is 0 Å². The molecule has 0 heteroatoms. The van der Waals surface area contributed by atoms with Crippen molar-refractivity contribution < 1.29 is 0 Å². The number of hydrogen-bond acceptors (Lipinski definition) is 0. The maximum absolute atomic E-state index is 4.26. The fourth-order valence-electron chi connectivity index (χ4n) is 3.03. The fraction of sp³-hybridized carbons (Fsp3) is 0.400. The van der Waals surface area contributed by atoms with Gasteiger partial charge in [0.05, 0.1) is 0 Å². The van der Waals surface area contributed by atoms with E-state index in [1.165, 1.54) is 43.2 Å². The van der Waals surface area contributed by atoms with Gasteiger partial charge < -0.3 is 0 Å². The van der Waals surface area contributed by atoms with Gasteiger partial charge in [-0.3, -0.25) is 0 Å². The monoisotopic (exact) mass is 332 g/mol. The van der Waals surface area contributed by atoms with Crippen LogP contribution in [0.3, 0.4) is 0 Å². The Morgan fingerprint density at radius 3 is 2.60 bits per heavy atom. The lowest BCUT2D eigenvalue weighted by Gasteiger charge is -2.08. The van der Waals surface area contributed by atoms with Gasteiger partial charge >= 0.3 is 0 Å². The van der Waals surface area contributed by atoms with Crippen molar-refractivity contribution in [2.24, 2.45) is 5.92 Å². The Morgan fingerprint density at radius 2 is 1.84 bits per heavy atom. The SMILES string of the molecule is C=C1C=CC/C=C\CC(C)C=C=C1c1ccc(CCCCCC)cc1. The van der Waals surface area contributed by atoms with Crippen LogP contribution in [0.15, 0.2) is 72.5 Å². The van der Waals surface area contributed by atoms with Crippen molar-refractivity contribution in [3.63, 3.8) is 0 Å². The summed E-state index contributed by atoms with van der Waals surface area (Å²) in [6.45, 7) is 8.76. The van der Waals surface area contributed by atoms with E-state index in [1.54, 1.807) is 0 Å². The predicted octanol–water partition coefficient (Wildman–Crippen LogP) is 7.45. The van der Waals surface area contributed by atoms with Crippen LogP contribution >= 0.6 is 0 Å². The normalized spacial score (nSPS) is 19.4. The zero-order valence-electron chi connectivity index (χ0n) is 15.9. The molecule has 0 nitrogen and oxygen atoms in total. The quantitative estimate of drug-likeness (QED) is 0.288. The molecular weight excluding hydrogens is 300 g/mol. The first kappa shape index (κ1) is 19.3. The Balaban J connectivity index is 2.16. The molecule has 0 bridgehead atoms. The summed E-state index contributed by atoms with van der Waals surface area (Å²) < 4.78 is 0. The van der Waals surface area contributed by atoms with Crippen LogP contribution in [0.5, 0.6) is 0 Å². The van der Waals surface area contributed by atoms with Crippen LogP contribution in [-0.4, -0.2) is 0 Å². The largest absolute Gasteiger partial charge is 0.116 e. The molecule has 25 heavy (non-hydrogen) atoms. The van der Waals surface area contributed by atoms with Crippen LogP contribution < -0.4 is 0 Å². The number of allylic oxidation sites excluding steroid dienone is 6. The zero-order chi connectivity index (χ0) is 17.9. The third-order valence-corrected chi connectivity index (χ3v) is 4.66. The number of aryl methyl sites for hydroxylation is 1. The number of benzene rings is 1. The molecule has 0 saturated carbocycles. The minimum absolute atomic E-state index is 0.495. The summed E-state index contributed by atoms with van der Waals surface area (Å²) in [6, 6.07) is 8.99. The summed E-state index contributed by atoms with van der Waals surface area (Å²) in [5.74, 6) is 0.495. The van der Waals surface area contributed by atoms with E-state index in [-0.39, 0.29) is 0 Å². The average Bonchev–Trinajstić information content (AvgIpc) is 2.65. The molecule has 0 spiro atoms. The van der Waals surface area contributed by atoms with Crippen molar-refractivity contribution in [3.8, 4) is 0 Å². The van der Waals surface area contributed by atoms with Crippen molar-refractivity contribution in [2.75, 3.05) is 0 Å². The lowest BCUT2D eigenvalue weighted by atomic mass is 9.96. The van der Waals surface area contributed by atoms with Gasteiger partial charge in [0.15, 0.2) is 0 Å². The van der Waals surface area contributed by atoms with Gasteiger partial charge in [0.25, 0.3) is 0 Å². The number of rotatable bonds is 6. The molecule has 0 heterocycles. The van der Waals surface area contributed by atoms with E-state index in [0.29, 0.717) is 5.92 Å². The van der Waals surface area contributed by atoms with Crippen LogP contribution in [0.25, 0.3) is 5.57 Å². The van der Waals surface area contributed by atoms with Crippen molar-refractivity contribution in [1.82, 2.24) is 0 Å². The molecule has 2 rings (SSSR count). The zero-order valence-corrected chi connectivity index (χ0v) is 15.9. The summed E-state index contributed by atoms with van der Waals surface area (Å²) in [4.78, 5) is 0. The highest BCUT2D eigenvalue weighted by molar-refractivity contribution is 5.80. The number of hydrogen-bond donors (Lipinski definition) is 0. The average molecular weight is 333 g/mol. The second kappa shape index (κ2) is 10.7. The Morgan fingerprint density at radius 1 is 1.04 bits per heavy atom. The third-order valence-electron chi connectivity index (χ3n) is 4.66. The molecule has 0 aromatic heterocycles. The minimum atomic E-state index is 0.495. The van der Waals surface area contributed by atoms with E-state index in [4.69, 9.17) is 0 Å². The summed E-state index contributed by atoms with van der Waals surface area (Å²) in [5.41, 5.74) is 8.31. The molecule has 1 unspecified atom stereocenters.